The predicted octanol–water partition coefficient (Wildman–Crippen LogP) is 7.07. The first-order valence-corrected chi connectivity index (χ1v) is 13.6. The van der Waals surface area contributed by atoms with Gasteiger partial charge in [0.2, 0.25) is 5.78 Å². The van der Waals surface area contributed by atoms with E-state index in [2.05, 4.69) is 29.6 Å². The quantitative estimate of drug-likeness (QED) is 0.115. The lowest BCUT2D eigenvalue weighted by molar-refractivity contribution is -0.120. The fourth-order valence-corrected chi connectivity index (χ4v) is 5.07. The Morgan fingerprint density at radius 3 is 2.38 bits per heavy atom. The molecule has 1 heterocycles. The van der Waals surface area contributed by atoms with E-state index in [0.29, 0.717) is 23.0 Å². The number of Topliss-reactive ketones (excluding diaryl/α,β-unsaturated/α-hetero) is 1. The Balaban J connectivity index is 1.95. The Hall–Kier alpha value is -4.55. The molecule has 214 valence electrons. The van der Waals surface area contributed by atoms with Crippen LogP contribution >= 0.6 is 12.6 Å². The van der Waals surface area contributed by atoms with Gasteiger partial charge in [0.15, 0.2) is 6.29 Å². The summed E-state index contributed by atoms with van der Waals surface area (Å²) in [6.07, 6.45) is -0.509. The van der Waals surface area contributed by atoms with Crippen LogP contribution in [0, 0.1) is 25.2 Å². The van der Waals surface area contributed by atoms with Crippen LogP contribution in [0.15, 0.2) is 94.6 Å². The van der Waals surface area contributed by atoms with Gasteiger partial charge in [0, 0.05) is 40.8 Å². The highest BCUT2D eigenvalue weighted by Crippen LogP contribution is 2.43. The number of hydrogen-bond acceptors (Lipinski definition) is 7. The standard InChI is InChI=1S/C33H30F2N4O2S/c1-20-5-8-23(9-6-20)31-16-30(38-39(31)22(3)33(34,35)17-25(41)18-36)28(19-40)32(24-10-12-26(42)13-11-24)27-15-21(2)7-14-29(27)37-4/h5-15,19,31,37,42H,3,16-17H2,1-2,4H3/b32-28+. The van der Waals surface area contributed by atoms with Crippen molar-refractivity contribution in [3.8, 4) is 6.07 Å². The first-order valence-electron chi connectivity index (χ1n) is 13.2. The fraction of sp³-hybridized carbons (Fsp3) is 0.212. The number of ketones is 1. The molecule has 0 saturated heterocycles. The molecule has 0 spiro atoms. The molecular weight excluding hydrogens is 554 g/mol. The van der Waals surface area contributed by atoms with Gasteiger partial charge in [-0.3, -0.25) is 14.6 Å². The highest BCUT2D eigenvalue weighted by molar-refractivity contribution is 7.80. The zero-order chi connectivity index (χ0) is 30.6. The maximum absolute atomic E-state index is 15.3. The number of rotatable bonds is 10. The van der Waals surface area contributed by atoms with Gasteiger partial charge in [-0.05, 0) is 49.2 Å². The van der Waals surface area contributed by atoms with E-state index in [1.807, 2.05) is 80.6 Å². The van der Waals surface area contributed by atoms with Crippen LogP contribution in [0.5, 0.6) is 0 Å². The molecule has 1 aliphatic rings. The molecule has 0 saturated carbocycles. The number of hydrogen-bond donors (Lipinski definition) is 2. The Kier molecular flexibility index (Phi) is 9.08. The van der Waals surface area contributed by atoms with E-state index in [9.17, 15) is 9.59 Å². The van der Waals surface area contributed by atoms with Gasteiger partial charge in [0.05, 0.1) is 23.9 Å². The van der Waals surface area contributed by atoms with E-state index in [0.717, 1.165) is 32.3 Å². The van der Waals surface area contributed by atoms with Crippen molar-refractivity contribution in [1.82, 2.24) is 5.01 Å². The molecule has 1 unspecified atom stereocenters. The SMILES string of the molecule is C=C(N1N=C(/C(C=O)=C(\c2ccc(S)cc2)c2cc(C)ccc2NC)CC1c1ccc(C)cc1)C(F)(F)CC(=O)C#N. The van der Waals surface area contributed by atoms with Crippen LogP contribution in [0.25, 0.3) is 5.57 Å². The number of carbonyl (C=O) groups excluding carboxylic acids is 2. The number of nitrogens with one attached hydrogen (secondary N) is 1. The lowest BCUT2D eigenvalue weighted by Crippen LogP contribution is -2.33. The number of thiol groups is 1. The molecule has 0 aromatic heterocycles. The maximum atomic E-state index is 15.3. The second-order valence-electron chi connectivity index (χ2n) is 10.1. The number of alkyl halides is 2. The Labute approximate surface area is 249 Å². The van der Waals surface area contributed by atoms with E-state index in [4.69, 9.17) is 5.26 Å². The van der Waals surface area contributed by atoms with E-state index in [1.54, 1.807) is 7.05 Å². The second-order valence-corrected chi connectivity index (χ2v) is 10.7. The van der Waals surface area contributed by atoms with Gasteiger partial charge in [-0.1, -0.05) is 60.2 Å². The van der Waals surface area contributed by atoms with Crippen molar-refractivity contribution in [1.29, 1.82) is 5.26 Å². The minimum atomic E-state index is -3.74. The largest absolute Gasteiger partial charge is 0.388 e. The third-order valence-corrected chi connectivity index (χ3v) is 7.44. The van der Waals surface area contributed by atoms with Crippen LogP contribution in [-0.2, 0) is 9.59 Å². The number of aryl methyl sites for hydroxylation is 2. The molecule has 1 aliphatic heterocycles. The highest BCUT2D eigenvalue weighted by atomic mass is 32.1. The highest BCUT2D eigenvalue weighted by Gasteiger charge is 2.44. The molecule has 9 heteroatoms. The van der Waals surface area contributed by atoms with E-state index in [1.165, 1.54) is 6.07 Å². The first-order chi connectivity index (χ1) is 20.0. The lowest BCUT2D eigenvalue weighted by Gasteiger charge is -2.29. The summed E-state index contributed by atoms with van der Waals surface area (Å²) in [6, 6.07) is 21.0. The first kappa shape index (κ1) is 30.4. The third kappa shape index (κ3) is 6.34. The fourth-order valence-electron chi connectivity index (χ4n) is 4.92. The molecule has 42 heavy (non-hydrogen) atoms. The number of anilines is 1. The van der Waals surface area contributed by atoms with Crippen molar-refractivity contribution in [2.45, 2.75) is 43.5 Å². The Morgan fingerprint density at radius 2 is 1.79 bits per heavy atom. The zero-order valence-electron chi connectivity index (χ0n) is 23.5. The molecule has 0 radical (unpaired) electrons. The molecule has 6 nitrogen and oxygen atoms in total. The summed E-state index contributed by atoms with van der Waals surface area (Å²) >= 11 is 4.40. The Morgan fingerprint density at radius 1 is 1.14 bits per heavy atom. The van der Waals surface area contributed by atoms with Crippen molar-refractivity contribution < 1.29 is 18.4 Å². The van der Waals surface area contributed by atoms with Crippen molar-refractivity contribution in [2.24, 2.45) is 5.10 Å². The van der Waals surface area contributed by atoms with Crippen LogP contribution in [0.4, 0.5) is 14.5 Å². The summed E-state index contributed by atoms with van der Waals surface area (Å²) in [5.74, 6) is -5.00. The average molecular weight is 585 g/mol. The van der Waals surface area contributed by atoms with Crippen molar-refractivity contribution >= 4 is 41.7 Å². The normalized spacial score (nSPS) is 15.4. The second kappa shape index (κ2) is 12.5. The number of hydrazone groups is 1. The molecule has 0 aliphatic carbocycles. The molecule has 1 N–H and O–H groups in total. The van der Waals surface area contributed by atoms with Gasteiger partial charge in [0.1, 0.15) is 6.07 Å². The number of halogens is 2. The van der Waals surface area contributed by atoms with Crippen molar-refractivity contribution in [2.75, 3.05) is 12.4 Å². The van der Waals surface area contributed by atoms with Gasteiger partial charge in [0.25, 0.3) is 5.92 Å². The number of nitriles is 1. The smallest absolute Gasteiger partial charge is 0.296 e. The number of carbonyl (C=O) groups is 2. The van der Waals surface area contributed by atoms with Crippen LogP contribution in [-0.4, -0.2) is 35.8 Å². The molecule has 4 rings (SSSR count). The topological polar surface area (TPSA) is 85.6 Å². The van der Waals surface area contributed by atoms with Crippen molar-refractivity contribution in [3.63, 3.8) is 0 Å². The molecule has 3 aromatic rings. The third-order valence-electron chi connectivity index (χ3n) is 7.15. The summed E-state index contributed by atoms with van der Waals surface area (Å²) < 4.78 is 30.5. The molecule has 0 amide bonds. The molecule has 0 bridgehead atoms. The van der Waals surface area contributed by atoms with E-state index < -0.39 is 29.9 Å². The molecule has 0 fully saturated rings. The summed E-state index contributed by atoms with van der Waals surface area (Å²) in [4.78, 5) is 25.3. The van der Waals surface area contributed by atoms with Gasteiger partial charge in [-0.2, -0.15) is 19.1 Å². The van der Waals surface area contributed by atoms with Gasteiger partial charge < -0.3 is 5.32 Å². The summed E-state index contributed by atoms with van der Waals surface area (Å²) in [7, 11) is 1.78. The minimum absolute atomic E-state index is 0.118. The molecule has 1 atom stereocenters. The van der Waals surface area contributed by atoms with Crippen LogP contribution in [0.1, 0.15) is 46.7 Å². The molecular formula is C33H30F2N4O2S. The Bertz CT molecular complexity index is 1640. The number of aldehydes is 1. The number of nitrogens with zero attached hydrogens (tertiary/aromatic N) is 3. The lowest BCUT2D eigenvalue weighted by atomic mass is 9.87. The monoisotopic (exact) mass is 584 g/mol. The summed E-state index contributed by atoms with van der Waals surface area (Å²) in [6.45, 7) is 7.45. The number of benzene rings is 3. The molecule has 3 aromatic carbocycles. The van der Waals surface area contributed by atoms with E-state index >= 15 is 8.78 Å². The van der Waals surface area contributed by atoms with Crippen LogP contribution < -0.4 is 5.32 Å². The zero-order valence-corrected chi connectivity index (χ0v) is 24.4. The van der Waals surface area contributed by atoms with Crippen LogP contribution in [0.3, 0.4) is 0 Å². The van der Waals surface area contributed by atoms with E-state index in [-0.39, 0.29) is 17.7 Å². The van der Waals surface area contributed by atoms with Crippen LogP contribution in [0.2, 0.25) is 0 Å². The average Bonchev–Trinajstić information content (AvgIpc) is 3.41. The van der Waals surface area contributed by atoms with Gasteiger partial charge in [-0.25, -0.2) is 0 Å². The predicted molar refractivity (Wildman–Crippen MR) is 164 cm³/mol. The minimum Gasteiger partial charge on any atom is -0.388 e. The van der Waals surface area contributed by atoms with Gasteiger partial charge in [-0.15, -0.1) is 12.6 Å². The van der Waals surface area contributed by atoms with Crippen molar-refractivity contribution in [3.05, 3.63) is 112 Å². The summed E-state index contributed by atoms with van der Waals surface area (Å²) in [5.41, 5.74) is 5.20. The van der Waals surface area contributed by atoms with Gasteiger partial charge >= 0.3 is 0 Å². The maximum Gasteiger partial charge on any atom is 0.296 e. The summed E-state index contributed by atoms with van der Waals surface area (Å²) in [5, 5.41) is 17.7. The number of allylic oxidation sites excluding steroid dienone is 2.